The molecular weight excluding hydrogens is 410 g/mol. The van der Waals surface area contributed by atoms with Gasteiger partial charge >= 0.3 is 0 Å². The zero-order valence-corrected chi connectivity index (χ0v) is 21.5. The number of nitrogens with zero attached hydrogens (tertiary/aromatic N) is 3. The first-order valence-electron chi connectivity index (χ1n) is 12.4. The minimum atomic E-state index is -0.204. The molecule has 1 N–H and O–H groups in total. The first-order valence-corrected chi connectivity index (χ1v) is 12.4. The van der Waals surface area contributed by atoms with Crippen LogP contribution in [-0.4, -0.2) is 26.7 Å². The molecule has 0 saturated heterocycles. The van der Waals surface area contributed by atoms with E-state index in [1.54, 1.807) is 4.80 Å². The number of hydrogen-bond donors (Lipinski definition) is 1. The van der Waals surface area contributed by atoms with Gasteiger partial charge in [-0.1, -0.05) is 86.6 Å². The summed E-state index contributed by atoms with van der Waals surface area (Å²) >= 11 is 0. The molecule has 3 aromatic rings. The van der Waals surface area contributed by atoms with Crippen molar-refractivity contribution in [3.63, 3.8) is 0 Å². The monoisotopic (exact) mass is 451 g/mol. The van der Waals surface area contributed by atoms with Gasteiger partial charge in [0.15, 0.2) is 0 Å². The largest absolute Gasteiger partial charge is 0.505 e. The summed E-state index contributed by atoms with van der Waals surface area (Å²) in [6.07, 6.45) is 7.45. The van der Waals surface area contributed by atoms with Crippen LogP contribution in [0.25, 0.3) is 16.7 Å². The highest BCUT2D eigenvalue weighted by molar-refractivity contribution is 5.76. The Morgan fingerprint density at radius 2 is 1.48 bits per heavy atom. The number of aromatic nitrogens is 3. The number of phenolic OH excluding ortho intramolecular Hbond substituents is 1. The van der Waals surface area contributed by atoms with Crippen molar-refractivity contribution in [2.75, 3.05) is 6.61 Å². The Bertz CT molecular complexity index is 1070. The maximum absolute atomic E-state index is 11.1. The van der Waals surface area contributed by atoms with Gasteiger partial charge in [-0.2, -0.15) is 0 Å². The first-order chi connectivity index (χ1) is 15.5. The van der Waals surface area contributed by atoms with E-state index in [0.717, 1.165) is 40.9 Å². The Morgan fingerprint density at radius 3 is 2.15 bits per heavy atom. The summed E-state index contributed by atoms with van der Waals surface area (Å²) in [6.45, 7) is 15.8. The number of rotatable bonds is 9. The number of unbranched alkanes of at least 4 members (excludes halogenated alkanes) is 5. The standard InChI is InChI=1S/C28H41N3O2/c1-8-9-10-11-12-13-16-33-21-14-15-23-24(19-21)30-31(29-23)25-18-20(27(2,3)4)17-22(26(25)32)28(5,6)7/h14-15,17-19,32H,8-13,16H2,1-7H3. The fourth-order valence-corrected chi connectivity index (χ4v) is 3.94. The molecule has 5 heteroatoms. The predicted octanol–water partition coefficient (Wildman–Crippen LogP) is 7.46. The van der Waals surface area contributed by atoms with Crippen molar-refractivity contribution in [1.82, 2.24) is 15.0 Å². The van der Waals surface area contributed by atoms with Crippen molar-refractivity contribution in [3.8, 4) is 17.2 Å². The van der Waals surface area contributed by atoms with Crippen molar-refractivity contribution in [2.45, 2.75) is 97.8 Å². The van der Waals surface area contributed by atoms with Crippen LogP contribution >= 0.6 is 0 Å². The van der Waals surface area contributed by atoms with Crippen LogP contribution in [-0.2, 0) is 10.8 Å². The van der Waals surface area contributed by atoms with E-state index in [4.69, 9.17) is 9.84 Å². The second-order valence-corrected chi connectivity index (χ2v) is 11.1. The zero-order chi connectivity index (χ0) is 24.2. The van der Waals surface area contributed by atoms with E-state index in [2.05, 4.69) is 59.6 Å². The van der Waals surface area contributed by atoms with Gasteiger partial charge in [0.05, 0.1) is 6.61 Å². The van der Waals surface area contributed by atoms with Gasteiger partial charge in [-0.3, -0.25) is 0 Å². The average Bonchev–Trinajstić information content (AvgIpc) is 3.14. The molecule has 0 bridgehead atoms. The summed E-state index contributed by atoms with van der Waals surface area (Å²) in [7, 11) is 0. The Morgan fingerprint density at radius 1 is 0.818 bits per heavy atom. The van der Waals surface area contributed by atoms with E-state index >= 15 is 0 Å². The molecule has 2 aromatic carbocycles. The molecule has 33 heavy (non-hydrogen) atoms. The topological polar surface area (TPSA) is 60.2 Å². The Kier molecular flexibility index (Phi) is 7.71. The van der Waals surface area contributed by atoms with Crippen molar-refractivity contribution >= 4 is 11.0 Å². The summed E-state index contributed by atoms with van der Waals surface area (Å²) in [5, 5.41) is 20.5. The molecule has 0 saturated carbocycles. The maximum Gasteiger partial charge on any atom is 0.146 e. The molecule has 5 nitrogen and oxygen atoms in total. The van der Waals surface area contributed by atoms with Crippen molar-refractivity contribution in [2.24, 2.45) is 0 Å². The van der Waals surface area contributed by atoms with Gasteiger partial charge in [0.2, 0.25) is 0 Å². The lowest BCUT2D eigenvalue weighted by molar-refractivity contribution is 0.304. The molecule has 0 fully saturated rings. The first kappa shape index (κ1) is 25.1. The predicted molar refractivity (Wildman–Crippen MR) is 137 cm³/mol. The van der Waals surface area contributed by atoms with E-state index in [-0.39, 0.29) is 16.6 Å². The van der Waals surface area contributed by atoms with Crippen molar-refractivity contribution in [1.29, 1.82) is 0 Å². The third-order valence-corrected chi connectivity index (χ3v) is 6.10. The summed E-state index contributed by atoms with van der Waals surface area (Å²) in [4.78, 5) is 1.56. The van der Waals surface area contributed by atoms with Gasteiger partial charge in [0.25, 0.3) is 0 Å². The molecule has 180 valence electrons. The second kappa shape index (κ2) is 10.1. The number of ether oxygens (including phenoxy) is 1. The maximum atomic E-state index is 11.1. The summed E-state index contributed by atoms with van der Waals surface area (Å²) in [5.74, 6) is 1.04. The van der Waals surface area contributed by atoms with Crippen LogP contribution in [0.3, 0.4) is 0 Å². The molecule has 1 aromatic heterocycles. The molecule has 0 unspecified atom stereocenters. The Hall–Kier alpha value is -2.56. The highest BCUT2D eigenvalue weighted by Gasteiger charge is 2.26. The third-order valence-electron chi connectivity index (χ3n) is 6.10. The Labute approximate surface area is 199 Å². The van der Waals surface area contributed by atoms with Crippen LogP contribution in [0, 0.1) is 0 Å². The summed E-state index contributed by atoms with van der Waals surface area (Å²) in [5.41, 5.74) is 3.92. The summed E-state index contributed by atoms with van der Waals surface area (Å²) < 4.78 is 5.96. The van der Waals surface area contributed by atoms with E-state index in [9.17, 15) is 5.11 Å². The van der Waals surface area contributed by atoms with Gasteiger partial charge in [-0.05, 0) is 41.0 Å². The van der Waals surface area contributed by atoms with E-state index in [1.165, 1.54) is 32.1 Å². The molecule has 0 radical (unpaired) electrons. The molecule has 0 atom stereocenters. The average molecular weight is 452 g/mol. The van der Waals surface area contributed by atoms with Gasteiger partial charge in [0.1, 0.15) is 28.2 Å². The lowest BCUT2D eigenvalue weighted by atomic mass is 9.80. The van der Waals surface area contributed by atoms with Gasteiger partial charge in [-0.25, -0.2) is 0 Å². The van der Waals surface area contributed by atoms with E-state index < -0.39 is 0 Å². The van der Waals surface area contributed by atoms with Crippen LogP contribution in [0.1, 0.15) is 98.1 Å². The number of fused-ring (bicyclic) bond motifs is 1. The fourth-order valence-electron chi connectivity index (χ4n) is 3.94. The Balaban J connectivity index is 1.84. The molecule has 1 heterocycles. The van der Waals surface area contributed by atoms with E-state index in [1.807, 2.05) is 24.3 Å². The van der Waals surface area contributed by atoms with Gasteiger partial charge in [0, 0.05) is 11.6 Å². The number of benzene rings is 2. The molecular formula is C28H41N3O2. The van der Waals surface area contributed by atoms with Crippen LogP contribution in [0.15, 0.2) is 30.3 Å². The lowest BCUT2D eigenvalue weighted by Gasteiger charge is -2.27. The summed E-state index contributed by atoms with van der Waals surface area (Å²) in [6, 6.07) is 9.93. The van der Waals surface area contributed by atoms with Crippen molar-refractivity contribution in [3.05, 3.63) is 41.5 Å². The van der Waals surface area contributed by atoms with Crippen LogP contribution in [0.5, 0.6) is 11.5 Å². The fraction of sp³-hybridized carbons (Fsp3) is 0.571. The second-order valence-electron chi connectivity index (χ2n) is 11.1. The van der Waals surface area contributed by atoms with Crippen molar-refractivity contribution < 1.29 is 9.84 Å². The quantitative estimate of drug-likeness (QED) is 0.343. The molecule has 0 spiro atoms. The van der Waals surface area contributed by atoms with E-state index in [0.29, 0.717) is 5.69 Å². The highest BCUT2D eigenvalue weighted by Crippen LogP contribution is 2.39. The number of hydrogen-bond acceptors (Lipinski definition) is 4. The lowest BCUT2D eigenvalue weighted by Crippen LogP contribution is -2.18. The molecule has 3 rings (SSSR count). The molecule has 0 amide bonds. The normalized spacial score (nSPS) is 12.5. The van der Waals surface area contributed by atoms with Crippen LogP contribution in [0.2, 0.25) is 0 Å². The molecule has 0 aliphatic carbocycles. The molecule has 0 aliphatic heterocycles. The zero-order valence-electron chi connectivity index (χ0n) is 21.5. The number of aromatic hydroxyl groups is 1. The highest BCUT2D eigenvalue weighted by atomic mass is 16.5. The van der Waals surface area contributed by atoms with Gasteiger partial charge < -0.3 is 9.84 Å². The van der Waals surface area contributed by atoms with Crippen LogP contribution in [0.4, 0.5) is 0 Å². The van der Waals surface area contributed by atoms with Crippen LogP contribution < -0.4 is 4.74 Å². The third kappa shape index (κ3) is 6.27. The smallest absolute Gasteiger partial charge is 0.146 e. The minimum Gasteiger partial charge on any atom is -0.505 e. The number of phenols is 1. The molecule has 0 aliphatic rings. The SMILES string of the molecule is CCCCCCCCOc1ccc2nn(-c3cc(C(C)(C)C)cc(C(C)(C)C)c3O)nc2c1. The minimum absolute atomic E-state index is 0.0629. The van der Waals surface area contributed by atoms with Gasteiger partial charge in [-0.15, -0.1) is 15.0 Å².